The van der Waals surface area contributed by atoms with Gasteiger partial charge in [-0.05, 0) is 48.1 Å². The monoisotopic (exact) mass is 621 g/mol. The Labute approximate surface area is 244 Å². The van der Waals surface area contributed by atoms with Gasteiger partial charge in [0.15, 0.2) is 0 Å². The fraction of sp³-hybridized carbons (Fsp3) is 0.519. The van der Waals surface area contributed by atoms with Gasteiger partial charge in [-0.15, -0.1) is 0 Å². The lowest BCUT2D eigenvalue weighted by Crippen LogP contribution is -2.39. The number of fused-ring (bicyclic) bond motifs is 1. The average Bonchev–Trinajstić information content (AvgIpc) is 3.35. The summed E-state index contributed by atoms with van der Waals surface area (Å²) in [4.78, 5) is 33.9. The molecule has 2 aliphatic rings. The van der Waals surface area contributed by atoms with Gasteiger partial charge in [-0.1, -0.05) is 36.8 Å². The standard InChI is InChI=1S/C27H36N5O6PS2/c1-2-4-20-18-28-26(29-19-20)31-11-9-23(10-12-31)38-27-30-24-6-5-22(17-25(24)40-27)21-7-13-32(14-8-21)41(36,37)16-3-15-39(33,34)35/h5-7,17-19,23H,2-4,8-16H2,1H3,(H2,33,34,35). The number of aryl methyl sites for hydroxylation is 1. The fourth-order valence-electron chi connectivity index (χ4n) is 5.15. The van der Waals surface area contributed by atoms with Crippen LogP contribution in [-0.4, -0.2) is 81.7 Å². The molecule has 3 aromatic rings. The van der Waals surface area contributed by atoms with Crippen LogP contribution in [0.25, 0.3) is 15.8 Å². The van der Waals surface area contributed by atoms with Gasteiger partial charge in [0.05, 0.1) is 22.1 Å². The van der Waals surface area contributed by atoms with Crippen LogP contribution in [0.4, 0.5) is 5.95 Å². The minimum absolute atomic E-state index is 0.0629. The smallest absolute Gasteiger partial charge is 0.325 e. The maximum atomic E-state index is 12.6. The summed E-state index contributed by atoms with van der Waals surface area (Å²) in [6.07, 6.45) is 9.72. The molecule has 0 amide bonds. The molecule has 0 saturated carbocycles. The zero-order valence-corrected chi connectivity index (χ0v) is 25.6. The first-order valence-corrected chi connectivity index (χ1v) is 18.2. The van der Waals surface area contributed by atoms with Crippen molar-refractivity contribution in [2.24, 2.45) is 0 Å². The quantitative estimate of drug-likeness (QED) is 0.301. The lowest BCUT2D eigenvalue weighted by molar-refractivity contribution is 0.170. The first-order valence-electron chi connectivity index (χ1n) is 13.9. The van der Waals surface area contributed by atoms with Crippen LogP contribution in [0.2, 0.25) is 0 Å². The molecule has 2 aliphatic heterocycles. The van der Waals surface area contributed by atoms with Crippen LogP contribution in [-0.2, 0) is 21.0 Å². The number of sulfonamides is 1. The van der Waals surface area contributed by atoms with E-state index in [2.05, 4.69) is 32.8 Å². The average molecular weight is 622 g/mol. The Hall–Kier alpha value is -2.41. The molecule has 5 rings (SSSR count). The largest absolute Gasteiger partial charge is 0.467 e. The number of rotatable bonds is 11. The molecule has 0 unspecified atom stereocenters. The zero-order chi connectivity index (χ0) is 29.0. The summed E-state index contributed by atoms with van der Waals surface area (Å²) in [5.74, 6) is 0.504. The molecule has 1 aromatic carbocycles. The molecule has 0 atom stereocenters. The van der Waals surface area contributed by atoms with Crippen molar-refractivity contribution in [2.75, 3.05) is 43.0 Å². The van der Waals surface area contributed by atoms with Crippen LogP contribution < -0.4 is 9.64 Å². The molecule has 4 heterocycles. The molecule has 1 saturated heterocycles. The number of hydrogen-bond acceptors (Lipinski definition) is 9. The summed E-state index contributed by atoms with van der Waals surface area (Å²) in [5, 5.41) is 0.654. The summed E-state index contributed by atoms with van der Waals surface area (Å²) < 4.78 is 44.9. The molecule has 41 heavy (non-hydrogen) atoms. The molecule has 14 heteroatoms. The van der Waals surface area contributed by atoms with E-state index in [1.807, 2.05) is 30.6 Å². The van der Waals surface area contributed by atoms with E-state index in [1.165, 1.54) is 15.6 Å². The third kappa shape index (κ3) is 7.91. The van der Waals surface area contributed by atoms with Crippen molar-refractivity contribution < 1.29 is 27.5 Å². The maximum Gasteiger partial charge on any atom is 0.325 e. The molecule has 1 fully saturated rings. The first kappa shape index (κ1) is 30.1. The lowest BCUT2D eigenvalue weighted by Gasteiger charge is -2.31. The van der Waals surface area contributed by atoms with Gasteiger partial charge in [0.2, 0.25) is 16.0 Å². The number of piperidine rings is 1. The Balaban J connectivity index is 1.15. The van der Waals surface area contributed by atoms with Crippen molar-refractivity contribution >= 4 is 50.7 Å². The fourth-order valence-corrected chi connectivity index (χ4v) is 8.29. The van der Waals surface area contributed by atoms with E-state index in [0.29, 0.717) is 18.2 Å². The third-order valence-electron chi connectivity index (χ3n) is 7.38. The van der Waals surface area contributed by atoms with Gasteiger partial charge in [0.1, 0.15) is 6.10 Å². The molecule has 2 aromatic heterocycles. The highest BCUT2D eigenvalue weighted by molar-refractivity contribution is 7.89. The summed E-state index contributed by atoms with van der Waals surface area (Å²) in [6.45, 7) is 4.39. The number of thiazole rings is 1. The topological polar surface area (TPSA) is 146 Å². The summed E-state index contributed by atoms with van der Waals surface area (Å²) in [7, 11) is -7.77. The highest BCUT2D eigenvalue weighted by atomic mass is 32.2. The van der Waals surface area contributed by atoms with Crippen LogP contribution in [0, 0.1) is 0 Å². The summed E-state index contributed by atoms with van der Waals surface area (Å²) in [6, 6.07) is 6.06. The zero-order valence-electron chi connectivity index (χ0n) is 23.1. The lowest BCUT2D eigenvalue weighted by atomic mass is 10.0. The van der Waals surface area contributed by atoms with Crippen LogP contribution in [0.5, 0.6) is 5.19 Å². The Kier molecular flexibility index (Phi) is 9.42. The molecule has 0 spiro atoms. The van der Waals surface area contributed by atoms with Crippen molar-refractivity contribution in [1.82, 2.24) is 19.3 Å². The van der Waals surface area contributed by atoms with E-state index in [4.69, 9.17) is 14.5 Å². The van der Waals surface area contributed by atoms with E-state index in [-0.39, 0.29) is 24.8 Å². The number of ether oxygens (including phenoxy) is 1. The van der Waals surface area contributed by atoms with Gasteiger partial charge in [-0.3, -0.25) is 4.57 Å². The van der Waals surface area contributed by atoms with Crippen LogP contribution in [0.1, 0.15) is 50.2 Å². The highest BCUT2D eigenvalue weighted by Gasteiger charge is 2.26. The van der Waals surface area contributed by atoms with Gasteiger partial charge in [0.25, 0.3) is 5.19 Å². The van der Waals surface area contributed by atoms with E-state index in [9.17, 15) is 13.0 Å². The Morgan fingerprint density at radius 1 is 1.15 bits per heavy atom. The van der Waals surface area contributed by atoms with Crippen LogP contribution in [0.15, 0.2) is 36.7 Å². The van der Waals surface area contributed by atoms with Gasteiger partial charge >= 0.3 is 7.60 Å². The molecule has 2 N–H and O–H groups in total. The van der Waals surface area contributed by atoms with E-state index < -0.39 is 23.8 Å². The number of nitrogens with zero attached hydrogens (tertiary/aromatic N) is 5. The predicted octanol–water partition coefficient (Wildman–Crippen LogP) is 4.07. The van der Waals surface area contributed by atoms with Crippen molar-refractivity contribution in [2.45, 2.75) is 51.6 Å². The van der Waals surface area contributed by atoms with Crippen molar-refractivity contribution in [3.8, 4) is 5.19 Å². The van der Waals surface area contributed by atoms with Gasteiger partial charge < -0.3 is 19.4 Å². The van der Waals surface area contributed by atoms with Gasteiger partial charge in [0, 0.05) is 51.4 Å². The number of aromatic nitrogens is 3. The van der Waals surface area contributed by atoms with Gasteiger partial charge in [-0.25, -0.2) is 23.4 Å². The summed E-state index contributed by atoms with van der Waals surface area (Å²) >= 11 is 1.52. The molecular formula is C27H36N5O6PS2. The number of anilines is 1. The molecule has 11 nitrogen and oxygen atoms in total. The number of benzene rings is 1. The molecule has 222 valence electrons. The first-order chi connectivity index (χ1) is 19.6. The van der Waals surface area contributed by atoms with Crippen LogP contribution in [0.3, 0.4) is 0 Å². The minimum Gasteiger partial charge on any atom is -0.467 e. The number of hydrogen-bond donors (Lipinski definition) is 2. The maximum absolute atomic E-state index is 12.6. The van der Waals surface area contributed by atoms with E-state index in [0.717, 1.165) is 71.6 Å². The predicted molar refractivity (Wildman–Crippen MR) is 161 cm³/mol. The van der Waals surface area contributed by atoms with Gasteiger partial charge in [-0.2, -0.15) is 4.31 Å². The highest BCUT2D eigenvalue weighted by Crippen LogP contribution is 2.36. The Bertz CT molecular complexity index is 1530. The van der Waals surface area contributed by atoms with Crippen molar-refractivity contribution in [3.05, 3.63) is 47.8 Å². The van der Waals surface area contributed by atoms with Crippen molar-refractivity contribution in [1.29, 1.82) is 0 Å². The second-order valence-electron chi connectivity index (χ2n) is 10.5. The second kappa shape index (κ2) is 12.8. The normalized spacial score (nSPS) is 17.6. The van der Waals surface area contributed by atoms with Crippen molar-refractivity contribution in [3.63, 3.8) is 0 Å². The van der Waals surface area contributed by atoms with E-state index >= 15 is 0 Å². The molecule has 0 bridgehead atoms. The second-order valence-corrected chi connectivity index (χ2v) is 15.4. The van der Waals surface area contributed by atoms with Crippen LogP contribution >= 0.6 is 18.9 Å². The Morgan fingerprint density at radius 3 is 2.56 bits per heavy atom. The Morgan fingerprint density at radius 2 is 1.90 bits per heavy atom. The van der Waals surface area contributed by atoms with E-state index in [1.54, 1.807) is 0 Å². The SMILES string of the molecule is CCCc1cnc(N2CCC(Oc3nc4ccc(C5=CCN(S(=O)(=O)CCCP(=O)(O)O)CC5)cc4s3)CC2)nc1. The molecular weight excluding hydrogens is 585 g/mol. The molecule has 0 aliphatic carbocycles. The molecule has 0 radical (unpaired) electrons. The minimum atomic E-state index is -4.20. The summed E-state index contributed by atoms with van der Waals surface area (Å²) in [5.41, 5.74) is 4.14. The third-order valence-corrected chi connectivity index (χ3v) is 11.1.